The number of carboxylic acid groups (broad SMARTS) is 1. The van der Waals surface area contributed by atoms with Gasteiger partial charge >= 0.3 is 5.97 Å². The Balaban J connectivity index is 2.54. The zero-order valence-electron chi connectivity index (χ0n) is 10.4. The number of carbonyl (C=O) groups is 1. The number of nitrogens with one attached hydrogen (secondary N) is 1. The Morgan fingerprint density at radius 1 is 1.41 bits per heavy atom. The molecule has 0 saturated heterocycles. The summed E-state index contributed by atoms with van der Waals surface area (Å²) in [6.07, 6.45) is 0. The maximum Gasteiger partial charge on any atom is 0.325 e. The molecular formula is C13H20N2O2. The molecular weight excluding hydrogens is 216 g/mol. The van der Waals surface area contributed by atoms with Gasteiger partial charge in [0.1, 0.15) is 6.04 Å². The highest BCUT2D eigenvalue weighted by molar-refractivity contribution is 5.75. The molecule has 0 fully saturated rings. The lowest BCUT2D eigenvalue weighted by Crippen LogP contribution is -2.34. The number of hydrogen-bond acceptors (Lipinski definition) is 3. The Hall–Kier alpha value is -1.39. The average molecular weight is 236 g/mol. The van der Waals surface area contributed by atoms with E-state index in [1.807, 2.05) is 37.4 Å². The molecule has 0 aliphatic heterocycles. The Morgan fingerprint density at radius 3 is 2.59 bits per heavy atom. The SMILES string of the molecule is CCN(C)CCNC(C(=O)O)c1ccccc1. The van der Waals surface area contributed by atoms with Gasteiger partial charge in [0.25, 0.3) is 0 Å². The molecule has 0 bridgehead atoms. The van der Waals surface area contributed by atoms with Gasteiger partial charge in [-0.2, -0.15) is 0 Å². The molecule has 4 nitrogen and oxygen atoms in total. The van der Waals surface area contributed by atoms with Gasteiger partial charge in [0.15, 0.2) is 0 Å². The lowest BCUT2D eigenvalue weighted by molar-refractivity contribution is -0.139. The third-order valence-corrected chi connectivity index (χ3v) is 2.76. The normalized spacial score (nSPS) is 12.6. The minimum atomic E-state index is -0.838. The fourth-order valence-corrected chi connectivity index (χ4v) is 1.55. The Bertz CT molecular complexity index is 341. The summed E-state index contributed by atoms with van der Waals surface area (Å²) in [6.45, 7) is 4.54. The second-order valence-corrected chi connectivity index (χ2v) is 4.03. The highest BCUT2D eigenvalue weighted by atomic mass is 16.4. The predicted octanol–water partition coefficient (Wildman–Crippen LogP) is 1.35. The van der Waals surface area contributed by atoms with Crippen molar-refractivity contribution in [3.63, 3.8) is 0 Å². The standard InChI is InChI=1S/C13H20N2O2/c1-3-15(2)10-9-14-12(13(16)17)11-7-5-4-6-8-11/h4-8,12,14H,3,9-10H2,1-2H3,(H,16,17). The molecule has 17 heavy (non-hydrogen) atoms. The second kappa shape index (κ2) is 7.04. The van der Waals surface area contributed by atoms with E-state index in [0.29, 0.717) is 6.54 Å². The van der Waals surface area contributed by atoms with Gasteiger partial charge in [-0.05, 0) is 19.2 Å². The van der Waals surface area contributed by atoms with E-state index in [1.165, 1.54) is 0 Å². The molecule has 0 radical (unpaired) electrons. The van der Waals surface area contributed by atoms with Crippen molar-refractivity contribution >= 4 is 5.97 Å². The van der Waals surface area contributed by atoms with E-state index in [-0.39, 0.29) is 0 Å². The molecule has 0 aliphatic rings. The van der Waals surface area contributed by atoms with Gasteiger partial charge in [-0.3, -0.25) is 10.1 Å². The van der Waals surface area contributed by atoms with Crippen LogP contribution in [0, 0.1) is 0 Å². The molecule has 1 atom stereocenters. The van der Waals surface area contributed by atoms with Crippen LogP contribution in [-0.2, 0) is 4.79 Å². The summed E-state index contributed by atoms with van der Waals surface area (Å²) in [5.41, 5.74) is 0.791. The van der Waals surface area contributed by atoms with Crippen LogP contribution in [-0.4, -0.2) is 42.7 Å². The van der Waals surface area contributed by atoms with Gasteiger partial charge < -0.3 is 10.0 Å². The fraction of sp³-hybridized carbons (Fsp3) is 0.462. The Labute approximate surface area is 102 Å². The lowest BCUT2D eigenvalue weighted by Gasteiger charge is -2.18. The molecule has 94 valence electrons. The van der Waals surface area contributed by atoms with Crippen LogP contribution in [0.2, 0.25) is 0 Å². The van der Waals surface area contributed by atoms with E-state index < -0.39 is 12.0 Å². The summed E-state index contributed by atoms with van der Waals surface area (Å²) in [7, 11) is 2.01. The van der Waals surface area contributed by atoms with Crippen LogP contribution >= 0.6 is 0 Å². The van der Waals surface area contributed by atoms with Crippen molar-refractivity contribution in [3.8, 4) is 0 Å². The summed E-state index contributed by atoms with van der Waals surface area (Å²) >= 11 is 0. The van der Waals surface area contributed by atoms with Crippen molar-refractivity contribution < 1.29 is 9.90 Å². The van der Waals surface area contributed by atoms with Crippen molar-refractivity contribution in [3.05, 3.63) is 35.9 Å². The average Bonchev–Trinajstić information content (AvgIpc) is 2.34. The smallest absolute Gasteiger partial charge is 0.325 e. The molecule has 4 heteroatoms. The molecule has 0 saturated carbocycles. The zero-order chi connectivity index (χ0) is 12.7. The van der Waals surface area contributed by atoms with E-state index in [0.717, 1.165) is 18.7 Å². The van der Waals surface area contributed by atoms with Crippen molar-refractivity contribution in [2.45, 2.75) is 13.0 Å². The monoisotopic (exact) mass is 236 g/mol. The van der Waals surface area contributed by atoms with Gasteiger partial charge in [-0.1, -0.05) is 37.3 Å². The summed E-state index contributed by atoms with van der Waals surface area (Å²) in [4.78, 5) is 13.3. The number of nitrogens with zero attached hydrogens (tertiary/aromatic N) is 1. The van der Waals surface area contributed by atoms with Crippen molar-refractivity contribution in [1.29, 1.82) is 0 Å². The maximum atomic E-state index is 11.2. The quantitative estimate of drug-likeness (QED) is 0.750. The van der Waals surface area contributed by atoms with Crippen LogP contribution in [0.4, 0.5) is 0 Å². The van der Waals surface area contributed by atoms with E-state index in [9.17, 15) is 9.90 Å². The largest absolute Gasteiger partial charge is 0.480 e. The number of carboxylic acids is 1. The first-order chi connectivity index (χ1) is 8.15. The van der Waals surface area contributed by atoms with Crippen LogP contribution in [0.15, 0.2) is 30.3 Å². The lowest BCUT2D eigenvalue weighted by atomic mass is 10.1. The summed E-state index contributed by atoms with van der Waals surface area (Å²) in [5, 5.41) is 12.2. The van der Waals surface area contributed by atoms with Crippen molar-refractivity contribution in [1.82, 2.24) is 10.2 Å². The highest BCUT2D eigenvalue weighted by Gasteiger charge is 2.18. The van der Waals surface area contributed by atoms with Crippen LogP contribution in [0.25, 0.3) is 0 Å². The first kappa shape index (κ1) is 13.7. The maximum absolute atomic E-state index is 11.2. The molecule has 1 rings (SSSR count). The third-order valence-electron chi connectivity index (χ3n) is 2.76. The molecule has 0 heterocycles. The van der Waals surface area contributed by atoms with Crippen LogP contribution in [0.1, 0.15) is 18.5 Å². The molecule has 0 aromatic heterocycles. The molecule has 0 amide bonds. The van der Waals surface area contributed by atoms with Crippen molar-refractivity contribution in [2.75, 3.05) is 26.7 Å². The number of likely N-dealkylation sites (N-methyl/N-ethyl adjacent to an activating group) is 1. The zero-order valence-corrected chi connectivity index (χ0v) is 10.4. The molecule has 0 spiro atoms. The fourth-order valence-electron chi connectivity index (χ4n) is 1.55. The van der Waals surface area contributed by atoms with Crippen LogP contribution < -0.4 is 5.32 Å². The van der Waals surface area contributed by atoms with E-state index in [1.54, 1.807) is 0 Å². The van der Waals surface area contributed by atoms with Gasteiger partial charge in [0, 0.05) is 13.1 Å². The molecule has 1 aromatic rings. The van der Waals surface area contributed by atoms with Crippen LogP contribution in [0.5, 0.6) is 0 Å². The van der Waals surface area contributed by atoms with Gasteiger partial charge in [0.2, 0.25) is 0 Å². The summed E-state index contributed by atoms with van der Waals surface area (Å²) in [6, 6.07) is 8.62. The summed E-state index contributed by atoms with van der Waals surface area (Å²) in [5.74, 6) is -0.838. The molecule has 0 aliphatic carbocycles. The molecule has 1 unspecified atom stereocenters. The predicted molar refractivity (Wildman–Crippen MR) is 68.0 cm³/mol. The first-order valence-corrected chi connectivity index (χ1v) is 5.84. The Kier molecular flexibility index (Phi) is 5.66. The van der Waals surface area contributed by atoms with Gasteiger partial charge in [0.05, 0.1) is 0 Å². The van der Waals surface area contributed by atoms with Crippen molar-refractivity contribution in [2.24, 2.45) is 0 Å². The molecule has 2 N–H and O–H groups in total. The number of benzene rings is 1. The summed E-state index contributed by atoms with van der Waals surface area (Å²) < 4.78 is 0. The first-order valence-electron chi connectivity index (χ1n) is 5.84. The topological polar surface area (TPSA) is 52.6 Å². The van der Waals surface area contributed by atoms with E-state index in [2.05, 4.69) is 17.1 Å². The van der Waals surface area contributed by atoms with E-state index in [4.69, 9.17) is 0 Å². The second-order valence-electron chi connectivity index (χ2n) is 4.03. The number of hydrogen-bond donors (Lipinski definition) is 2. The number of aliphatic carboxylic acids is 1. The number of rotatable bonds is 7. The minimum absolute atomic E-state index is 0.624. The third kappa shape index (κ3) is 4.54. The van der Waals surface area contributed by atoms with E-state index >= 15 is 0 Å². The highest BCUT2D eigenvalue weighted by Crippen LogP contribution is 2.12. The van der Waals surface area contributed by atoms with Gasteiger partial charge in [-0.25, -0.2) is 0 Å². The minimum Gasteiger partial charge on any atom is -0.480 e. The van der Waals surface area contributed by atoms with Gasteiger partial charge in [-0.15, -0.1) is 0 Å². The molecule has 1 aromatic carbocycles. The van der Waals surface area contributed by atoms with Crippen LogP contribution in [0.3, 0.4) is 0 Å². The Morgan fingerprint density at radius 2 is 2.06 bits per heavy atom.